The molecule has 1 spiro atoms. The van der Waals surface area contributed by atoms with E-state index in [0.29, 0.717) is 5.54 Å². The van der Waals surface area contributed by atoms with Crippen LogP contribution in [0.5, 0.6) is 0 Å². The third-order valence-electron chi connectivity index (χ3n) is 5.88. The maximum Gasteiger partial charge on any atom is 0.225 e. The Hall–Kier alpha value is -2.28. The largest absolute Gasteiger partial charge is 0.354 e. The molecule has 2 aliphatic rings. The highest BCUT2D eigenvalue weighted by atomic mass is 15.3. The van der Waals surface area contributed by atoms with Crippen molar-refractivity contribution >= 4 is 11.9 Å². The van der Waals surface area contributed by atoms with Gasteiger partial charge < -0.3 is 10.2 Å². The van der Waals surface area contributed by atoms with Crippen molar-refractivity contribution in [2.24, 2.45) is 0 Å². The third kappa shape index (κ3) is 4.03. The maximum atomic E-state index is 4.47. The molecule has 0 aromatic carbocycles. The van der Waals surface area contributed by atoms with E-state index in [1.165, 1.54) is 31.2 Å². The lowest BCUT2D eigenvalue weighted by Gasteiger charge is -2.45. The van der Waals surface area contributed by atoms with Crippen LogP contribution in [0.4, 0.5) is 11.9 Å². The van der Waals surface area contributed by atoms with E-state index in [2.05, 4.69) is 42.0 Å². The Morgan fingerprint density at radius 1 is 1.00 bits per heavy atom. The van der Waals surface area contributed by atoms with Crippen molar-refractivity contribution < 1.29 is 0 Å². The van der Waals surface area contributed by atoms with Crippen LogP contribution in [0.2, 0.25) is 0 Å². The standard InChI is InChI=1S/C20H29N7/c1-2-8-21-18-24-14-17(15-25-18)16-27-11-3-5-20(27)6-12-26(13-7-20)19-22-9-4-10-23-19/h4,9-10,14-15H,2-3,5-8,11-13,16H2,1H3,(H,21,24,25). The summed E-state index contributed by atoms with van der Waals surface area (Å²) in [6.45, 7) is 7.21. The Morgan fingerprint density at radius 2 is 1.74 bits per heavy atom. The summed E-state index contributed by atoms with van der Waals surface area (Å²) in [5, 5.41) is 3.24. The van der Waals surface area contributed by atoms with Gasteiger partial charge in [0.05, 0.1) is 0 Å². The van der Waals surface area contributed by atoms with Crippen molar-refractivity contribution in [3.63, 3.8) is 0 Å². The summed E-state index contributed by atoms with van der Waals surface area (Å²) in [6, 6.07) is 1.87. The van der Waals surface area contributed by atoms with E-state index < -0.39 is 0 Å². The molecular formula is C20H29N7. The number of piperidine rings is 1. The van der Waals surface area contributed by atoms with Crippen molar-refractivity contribution in [3.8, 4) is 0 Å². The van der Waals surface area contributed by atoms with Crippen molar-refractivity contribution in [1.82, 2.24) is 24.8 Å². The van der Waals surface area contributed by atoms with E-state index in [4.69, 9.17) is 0 Å². The van der Waals surface area contributed by atoms with Gasteiger partial charge in [-0.25, -0.2) is 19.9 Å². The van der Waals surface area contributed by atoms with E-state index in [1.54, 1.807) is 0 Å². The molecule has 144 valence electrons. The predicted molar refractivity (Wildman–Crippen MR) is 107 cm³/mol. The molecule has 2 aromatic heterocycles. The Labute approximate surface area is 161 Å². The molecular weight excluding hydrogens is 338 g/mol. The molecule has 27 heavy (non-hydrogen) atoms. The highest BCUT2D eigenvalue weighted by molar-refractivity contribution is 5.30. The van der Waals surface area contributed by atoms with Gasteiger partial charge in [-0.3, -0.25) is 4.90 Å². The third-order valence-corrected chi connectivity index (χ3v) is 5.88. The van der Waals surface area contributed by atoms with E-state index in [9.17, 15) is 0 Å². The van der Waals surface area contributed by atoms with Crippen molar-refractivity contribution in [3.05, 3.63) is 36.4 Å². The molecule has 4 heterocycles. The normalized spacial score (nSPS) is 19.5. The van der Waals surface area contributed by atoms with E-state index in [1.807, 2.05) is 30.9 Å². The second-order valence-corrected chi connectivity index (χ2v) is 7.63. The lowest BCUT2D eigenvalue weighted by molar-refractivity contribution is 0.0992. The van der Waals surface area contributed by atoms with Gasteiger partial charge in [0.2, 0.25) is 11.9 Å². The number of rotatable bonds is 6. The van der Waals surface area contributed by atoms with Gasteiger partial charge in [0.15, 0.2) is 0 Å². The Bertz CT molecular complexity index is 711. The number of nitrogens with zero attached hydrogens (tertiary/aromatic N) is 6. The SMILES string of the molecule is CCCNc1ncc(CN2CCCC23CCN(c2ncccn2)CC3)cn1. The average molecular weight is 368 g/mol. The first-order valence-electron chi connectivity index (χ1n) is 10.1. The smallest absolute Gasteiger partial charge is 0.225 e. The van der Waals surface area contributed by atoms with Crippen LogP contribution < -0.4 is 10.2 Å². The Balaban J connectivity index is 1.38. The van der Waals surface area contributed by atoms with Gasteiger partial charge >= 0.3 is 0 Å². The number of anilines is 2. The van der Waals surface area contributed by atoms with Crippen LogP contribution in [0.3, 0.4) is 0 Å². The summed E-state index contributed by atoms with van der Waals surface area (Å²) in [7, 11) is 0. The molecule has 0 saturated carbocycles. The fourth-order valence-corrected chi connectivity index (χ4v) is 4.37. The summed E-state index contributed by atoms with van der Waals surface area (Å²) in [5.74, 6) is 1.59. The predicted octanol–water partition coefficient (Wildman–Crippen LogP) is 2.72. The van der Waals surface area contributed by atoms with E-state index in [0.717, 1.165) is 51.0 Å². The lowest BCUT2D eigenvalue weighted by atomic mass is 9.85. The molecule has 0 radical (unpaired) electrons. The van der Waals surface area contributed by atoms with Crippen LogP contribution in [0.25, 0.3) is 0 Å². The van der Waals surface area contributed by atoms with Gasteiger partial charge in [-0.1, -0.05) is 6.92 Å². The minimum absolute atomic E-state index is 0.310. The molecule has 2 aromatic rings. The van der Waals surface area contributed by atoms with Crippen LogP contribution in [0.15, 0.2) is 30.9 Å². The fourth-order valence-electron chi connectivity index (χ4n) is 4.37. The van der Waals surface area contributed by atoms with Crippen LogP contribution >= 0.6 is 0 Å². The quantitative estimate of drug-likeness (QED) is 0.842. The number of aromatic nitrogens is 4. The second-order valence-electron chi connectivity index (χ2n) is 7.63. The molecule has 0 bridgehead atoms. The molecule has 4 rings (SSSR count). The molecule has 0 unspecified atom stereocenters. The van der Waals surface area contributed by atoms with Gasteiger partial charge in [0.1, 0.15) is 0 Å². The molecule has 2 aliphatic heterocycles. The number of hydrogen-bond donors (Lipinski definition) is 1. The minimum Gasteiger partial charge on any atom is -0.354 e. The van der Waals surface area contributed by atoms with Crippen LogP contribution in [0, 0.1) is 0 Å². The van der Waals surface area contributed by atoms with Gasteiger partial charge in [0.25, 0.3) is 0 Å². The van der Waals surface area contributed by atoms with Gasteiger partial charge in [-0.15, -0.1) is 0 Å². The zero-order valence-corrected chi connectivity index (χ0v) is 16.1. The number of nitrogens with one attached hydrogen (secondary N) is 1. The van der Waals surface area contributed by atoms with Crippen LogP contribution in [0.1, 0.15) is 44.6 Å². The van der Waals surface area contributed by atoms with Crippen LogP contribution in [-0.2, 0) is 6.54 Å². The average Bonchev–Trinajstić information content (AvgIpc) is 3.10. The molecule has 0 atom stereocenters. The molecule has 0 aliphatic carbocycles. The Kier molecular flexibility index (Phi) is 5.48. The topological polar surface area (TPSA) is 70.1 Å². The van der Waals surface area contributed by atoms with E-state index in [-0.39, 0.29) is 0 Å². The minimum atomic E-state index is 0.310. The summed E-state index contributed by atoms with van der Waals surface area (Å²) < 4.78 is 0. The zero-order chi connectivity index (χ0) is 18.5. The Morgan fingerprint density at radius 3 is 2.44 bits per heavy atom. The first-order chi connectivity index (χ1) is 13.3. The highest BCUT2D eigenvalue weighted by Gasteiger charge is 2.43. The van der Waals surface area contributed by atoms with E-state index >= 15 is 0 Å². The number of hydrogen-bond acceptors (Lipinski definition) is 7. The summed E-state index contributed by atoms with van der Waals surface area (Å²) in [6.07, 6.45) is 13.6. The molecule has 2 fully saturated rings. The summed E-state index contributed by atoms with van der Waals surface area (Å²) >= 11 is 0. The summed E-state index contributed by atoms with van der Waals surface area (Å²) in [4.78, 5) is 22.7. The van der Waals surface area contributed by atoms with Gasteiger partial charge in [0, 0.05) is 62.1 Å². The first-order valence-corrected chi connectivity index (χ1v) is 10.1. The first kappa shape index (κ1) is 18.1. The molecule has 2 saturated heterocycles. The zero-order valence-electron chi connectivity index (χ0n) is 16.1. The molecule has 1 N–H and O–H groups in total. The summed E-state index contributed by atoms with van der Waals surface area (Å²) in [5.41, 5.74) is 1.51. The molecule has 7 nitrogen and oxygen atoms in total. The lowest BCUT2D eigenvalue weighted by Crippen LogP contribution is -2.52. The monoisotopic (exact) mass is 367 g/mol. The van der Waals surface area contributed by atoms with Crippen LogP contribution in [-0.4, -0.2) is 56.6 Å². The highest BCUT2D eigenvalue weighted by Crippen LogP contribution is 2.39. The molecule has 0 amide bonds. The maximum absolute atomic E-state index is 4.47. The molecule has 7 heteroatoms. The van der Waals surface area contributed by atoms with Gasteiger partial charge in [-0.05, 0) is 44.7 Å². The fraction of sp³-hybridized carbons (Fsp3) is 0.600. The second kappa shape index (κ2) is 8.17. The van der Waals surface area contributed by atoms with Crippen molar-refractivity contribution in [2.75, 3.05) is 36.4 Å². The van der Waals surface area contributed by atoms with Gasteiger partial charge in [-0.2, -0.15) is 0 Å². The number of likely N-dealkylation sites (tertiary alicyclic amines) is 1. The van der Waals surface area contributed by atoms with Crippen molar-refractivity contribution in [1.29, 1.82) is 0 Å². The van der Waals surface area contributed by atoms with Crippen molar-refractivity contribution in [2.45, 2.75) is 51.1 Å².